The van der Waals surface area contributed by atoms with Crippen LogP contribution >= 0.6 is 15.9 Å². The molecule has 1 aliphatic rings. The lowest BCUT2D eigenvalue weighted by atomic mass is 10.1. The van der Waals surface area contributed by atoms with Crippen molar-refractivity contribution in [2.24, 2.45) is 0 Å². The van der Waals surface area contributed by atoms with E-state index in [2.05, 4.69) is 22.5 Å². The highest BCUT2D eigenvalue weighted by atomic mass is 79.9. The van der Waals surface area contributed by atoms with Crippen LogP contribution < -0.4 is 4.90 Å². The first-order valence-corrected chi connectivity index (χ1v) is 9.79. The van der Waals surface area contributed by atoms with Crippen molar-refractivity contribution in [2.45, 2.75) is 25.1 Å². The predicted octanol–water partition coefficient (Wildman–Crippen LogP) is 5.48. The number of rotatable bonds is 4. The Morgan fingerprint density at radius 3 is 2.69 bits per heavy atom. The molecule has 1 aromatic heterocycles. The van der Waals surface area contributed by atoms with Crippen molar-refractivity contribution in [3.8, 4) is 0 Å². The number of amides is 1. The number of para-hydroxylation sites is 2. The molecular weight excluding hydrogens is 447 g/mol. The highest BCUT2D eigenvalue weighted by molar-refractivity contribution is 9.11. The molecule has 2 heterocycles. The molecule has 1 fully saturated rings. The summed E-state index contributed by atoms with van der Waals surface area (Å²) in [6.45, 7) is 4.67. The van der Waals surface area contributed by atoms with Crippen LogP contribution in [0.25, 0.3) is 11.0 Å². The third kappa shape index (κ3) is 3.81. The van der Waals surface area contributed by atoms with Gasteiger partial charge < -0.3 is 9.47 Å². The Bertz CT molecular complexity index is 1110. The molecule has 0 saturated carbocycles. The van der Waals surface area contributed by atoms with Crippen molar-refractivity contribution < 1.29 is 18.0 Å². The van der Waals surface area contributed by atoms with Gasteiger partial charge in [0.2, 0.25) is 5.91 Å². The molecule has 8 heteroatoms. The van der Waals surface area contributed by atoms with E-state index in [0.717, 1.165) is 33.5 Å². The molecule has 0 N–H and O–H groups in total. The SMILES string of the molecule is C=C(Br)Cn1c(C2CC(=O)N(c3cccc(C(F)(F)F)c3)C2)nc2ccccc21. The number of hydrogen-bond acceptors (Lipinski definition) is 2. The average Bonchev–Trinajstić information content (AvgIpc) is 3.22. The summed E-state index contributed by atoms with van der Waals surface area (Å²) in [5.74, 6) is 0.288. The monoisotopic (exact) mass is 463 g/mol. The molecule has 1 unspecified atom stereocenters. The van der Waals surface area contributed by atoms with Crippen LogP contribution in [0, 0.1) is 0 Å². The van der Waals surface area contributed by atoms with E-state index in [1.807, 2.05) is 28.8 Å². The maximum atomic E-state index is 13.1. The topological polar surface area (TPSA) is 38.1 Å². The Morgan fingerprint density at radius 1 is 1.21 bits per heavy atom. The third-order valence-electron chi connectivity index (χ3n) is 4.99. The van der Waals surface area contributed by atoms with Gasteiger partial charge in [0.15, 0.2) is 0 Å². The number of allylic oxidation sites excluding steroid dienone is 1. The standard InChI is InChI=1S/C21H17BrF3N3O/c1-13(22)11-28-18-8-3-2-7-17(18)26-20(28)14-9-19(29)27(12-14)16-6-4-5-15(10-16)21(23,24)25/h2-8,10,14H,1,9,11-12H2. The number of hydrogen-bond donors (Lipinski definition) is 0. The molecule has 1 amide bonds. The van der Waals surface area contributed by atoms with Crippen molar-refractivity contribution in [1.82, 2.24) is 9.55 Å². The van der Waals surface area contributed by atoms with Crippen LogP contribution in [-0.4, -0.2) is 22.0 Å². The molecule has 4 rings (SSSR count). The van der Waals surface area contributed by atoms with Gasteiger partial charge in [-0.25, -0.2) is 4.98 Å². The largest absolute Gasteiger partial charge is 0.416 e. The number of fused-ring (bicyclic) bond motifs is 1. The van der Waals surface area contributed by atoms with E-state index in [9.17, 15) is 18.0 Å². The number of aromatic nitrogens is 2. The first-order chi connectivity index (χ1) is 13.7. The molecule has 2 aromatic carbocycles. The molecule has 0 aliphatic carbocycles. The summed E-state index contributed by atoms with van der Waals surface area (Å²) in [5, 5.41) is 0. The number of nitrogens with zero attached hydrogens (tertiary/aromatic N) is 3. The molecule has 29 heavy (non-hydrogen) atoms. The predicted molar refractivity (Wildman–Crippen MR) is 109 cm³/mol. The summed E-state index contributed by atoms with van der Waals surface area (Å²) in [4.78, 5) is 18.8. The number of carbonyl (C=O) groups is 1. The summed E-state index contributed by atoms with van der Waals surface area (Å²) in [6.07, 6.45) is -4.27. The van der Waals surface area contributed by atoms with Gasteiger partial charge in [0, 0.05) is 29.1 Å². The summed E-state index contributed by atoms with van der Waals surface area (Å²) < 4.78 is 41.9. The minimum absolute atomic E-state index is 0.189. The van der Waals surface area contributed by atoms with Gasteiger partial charge >= 0.3 is 6.18 Å². The van der Waals surface area contributed by atoms with Gasteiger partial charge in [-0.15, -0.1) is 0 Å². The van der Waals surface area contributed by atoms with Crippen molar-refractivity contribution in [2.75, 3.05) is 11.4 Å². The molecule has 1 atom stereocenters. The fraction of sp³-hybridized carbons (Fsp3) is 0.238. The second-order valence-electron chi connectivity index (χ2n) is 7.02. The van der Waals surface area contributed by atoms with E-state index in [-0.39, 0.29) is 30.5 Å². The molecule has 4 nitrogen and oxygen atoms in total. The van der Waals surface area contributed by atoms with E-state index in [1.54, 1.807) is 0 Å². The number of imidazole rings is 1. The Morgan fingerprint density at radius 2 is 1.97 bits per heavy atom. The van der Waals surface area contributed by atoms with Crippen LogP contribution in [0.3, 0.4) is 0 Å². The minimum atomic E-state index is -4.46. The van der Waals surface area contributed by atoms with E-state index in [1.165, 1.54) is 17.0 Å². The highest BCUT2D eigenvalue weighted by Gasteiger charge is 2.36. The lowest BCUT2D eigenvalue weighted by molar-refractivity contribution is -0.137. The molecule has 1 saturated heterocycles. The zero-order chi connectivity index (χ0) is 20.8. The van der Waals surface area contributed by atoms with Gasteiger partial charge in [0.1, 0.15) is 5.82 Å². The highest BCUT2D eigenvalue weighted by Crippen LogP contribution is 2.36. The molecular formula is C21H17BrF3N3O. The Kier molecular flexibility index (Phi) is 4.98. The van der Waals surface area contributed by atoms with E-state index in [4.69, 9.17) is 4.98 Å². The Hall–Kier alpha value is -2.61. The summed E-state index contributed by atoms with van der Waals surface area (Å²) >= 11 is 3.38. The van der Waals surface area contributed by atoms with Crippen LogP contribution in [0.2, 0.25) is 0 Å². The lowest BCUT2D eigenvalue weighted by Crippen LogP contribution is -2.25. The van der Waals surface area contributed by atoms with Crippen LogP contribution in [0.5, 0.6) is 0 Å². The van der Waals surface area contributed by atoms with Crippen molar-refractivity contribution in [3.05, 3.63) is 71.0 Å². The maximum Gasteiger partial charge on any atom is 0.416 e. The molecule has 150 valence electrons. The first-order valence-electron chi connectivity index (χ1n) is 9.00. The quantitative estimate of drug-likeness (QED) is 0.513. The van der Waals surface area contributed by atoms with E-state index >= 15 is 0 Å². The molecule has 3 aromatic rings. The normalized spacial score (nSPS) is 17.3. The van der Waals surface area contributed by atoms with Gasteiger partial charge in [-0.1, -0.05) is 40.7 Å². The smallest absolute Gasteiger partial charge is 0.323 e. The lowest BCUT2D eigenvalue weighted by Gasteiger charge is -2.19. The van der Waals surface area contributed by atoms with E-state index < -0.39 is 11.7 Å². The third-order valence-corrected chi connectivity index (χ3v) is 5.24. The van der Waals surface area contributed by atoms with Gasteiger partial charge in [-0.3, -0.25) is 4.79 Å². The summed E-state index contributed by atoms with van der Waals surface area (Å²) in [5.41, 5.74) is 1.21. The number of carbonyl (C=O) groups excluding carboxylic acids is 1. The molecule has 1 aliphatic heterocycles. The average molecular weight is 464 g/mol. The van der Waals surface area contributed by atoms with E-state index in [0.29, 0.717) is 6.54 Å². The number of halogens is 4. The van der Waals surface area contributed by atoms with Gasteiger partial charge in [-0.05, 0) is 30.3 Å². The van der Waals surface area contributed by atoms with Crippen LogP contribution in [0.4, 0.5) is 18.9 Å². The van der Waals surface area contributed by atoms with Crippen LogP contribution in [0.15, 0.2) is 59.6 Å². The molecule has 0 radical (unpaired) electrons. The summed E-state index contributed by atoms with van der Waals surface area (Å²) in [6, 6.07) is 12.5. The molecule has 0 bridgehead atoms. The summed E-state index contributed by atoms with van der Waals surface area (Å²) in [7, 11) is 0. The fourth-order valence-electron chi connectivity index (χ4n) is 3.72. The fourth-order valence-corrected chi connectivity index (χ4v) is 3.97. The Balaban J connectivity index is 1.69. The second-order valence-corrected chi connectivity index (χ2v) is 8.14. The van der Waals surface area contributed by atoms with Gasteiger partial charge in [-0.2, -0.15) is 13.2 Å². The zero-order valence-electron chi connectivity index (χ0n) is 15.3. The van der Waals surface area contributed by atoms with Crippen LogP contribution in [0.1, 0.15) is 23.7 Å². The van der Waals surface area contributed by atoms with Crippen LogP contribution in [-0.2, 0) is 17.5 Å². The van der Waals surface area contributed by atoms with Gasteiger partial charge in [0.25, 0.3) is 0 Å². The molecule has 0 spiro atoms. The number of anilines is 1. The van der Waals surface area contributed by atoms with Crippen molar-refractivity contribution >= 4 is 38.6 Å². The number of alkyl halides is 3. The second kappa shape index (κ2) is 7.33. The number of benzene rings is 2. The zero-order valence-corrected chi connectivity index (χ0v) is 16.9. The van der Waals surface area contributed by atoms with Gasteiger partial charge in [0.05, 0.1) is 23.1 Å². The maximum absolute atomic E-state index is 13.1. The minimum Gasteiger partial charge on any atom is -0.323 e. The van der Waals surface area contributed by atoms with Crippen molar-refractivity contribution in [1.29, 1.82) is 0 Å². The Labute approximate surface area is 173 Å². The first kappa shape index (κ1) is 19.7. The van der Waals surface area contributed by atoms with Crippen molar-refractivity contribution in [3.63, 3.8) is 0 Å².